The van der Waals surface area contributed by atoms with E-state index in [4.69, 9.17) is 0 Å². The van der Waals surface area contributed by atoms with E-state index in [1.807, 2.05) is 31.2 Å². The van der Waals surface area contributed by atoms with Gasteiger partial charge in [-0.25, -0.2) is 4.39 Å². The van der Waals surface area contributed by atoms with Gasteiger partial charge < -0.3 is 5.32 Å². The van der Waals surface area contributed by atoms with Gasteiger partial charge in [0.05, 0.1) is 6.04 Å². The van der Waals surface area contributed by atoms with Gasteiger partial charge in [0, 0.05) is 0 Å². The van der Waals surface area contributed by atoms with Gasteiger partial charge >= 0.3 is 0 Å². The summed E-state index contributed by atoms with van der Waals surface area (Å²) < 4.78 is 13.7. The fraction of sp³-hybridized carbons (Fsp3) is 0.500. The van der Waals surface area contributed by atoms with Crippen LogP contribution in [-0.2, 0) is 0 Å². The maximum atomic E-state index is 13.7. The fourth-order valence-electron chi connectivity index (χ4n) is 2.09. The highest BCUT2D eigenvalue weighted by atomic mass is 19.1. The van der Waals surface area contributed by atoms with E-state index in [0.717, 1.165) is 18.5 Å². The first kappa shape index (κ1) is 9.66. The number of hydrogen-bond donors (Lipinski definition) is 1. The van der Waals surface area contributed by atoms with Crippen molar-refractivity contribution < 1.29 is 4.39 Å². The molecule has 0 aliphatic carbocycles. The Morgan fingerprint density at radius 2 is 2.14 bits per heavy atom. The second kappa shape index (κ2) is 4.09. The predicted molar refractivity (Wildman–Crippen MR) is 56.1 cm³/mol. The van der Waals surface area contributed by atoms with E-state index in [-0.39, 0.29) is 6.04 Å². The summed E-state index contributed by atoms with van der Waals surface area (Å²) >= 11 is 0. The lowest BCUT2D eigenvalue weighted by Crippen LogP contribution is -2.35. The third-order valence-electron chi connectivity index (χ3n) is 2.91. The normalized spacial score (nSPS) is 27.6. The van der Waals surface area contributed by atoms with E-state index in [1.165, 1.54) is 5.56 Å². The molecule has 1 aliphatic heterocycles. The quantitative estimate of drug-likeness (QED) is 0.723. The highest BCUT2D eigenvalue weighted by Crippen LogP contribution is 2.27. The Bertz CT molecular complexity index is 311. The van der Waals surface area contributed by atoms with Crippen molar-refractivity contribution in [3.63, 3.8) is 0 Å². The average molecular weight is 193 g/mol. The number of benzene rings is 1. The minimum absolute atomic E-state index is 0.0926. The molecule has 1 aromatic carbocycles. The largest absolute Gasteiger partial charge is 0.308 e. The van der Waals surface area contributed by atoms with Crippen molar-refractivity contribution in [2.45, 2.75) is 32.0 Å². The van der Waals surface area contributed by atoms with Gasteiger partial charge in [0.2, 0.25) is 0 Å². The molecule has 0 aromatic heterocycles. The molecule has 0 bridgehead atoms. The van der Waals surface area contributed by atoms with Crippen LogP contribution in [0.1, 0.15) is 30.0 Å². The maximum Gasteiger partial charge on any atom is 0.120 e. The summed E-state index contributed by atoms with van der Waals surface area (Å²) in [5.74, 6) is 0. The molecule has 1 N–H and O–H groups in total. The molecule has 1 aromatic rings. The lowest BCUT2D eigenvalue weighted by molar-refractivity contribution is 0.201. The minimum Gasteiger partial charge on any atom is -0.308 e. The van der Waals surface area contributed by atoms with Crippen molar-refractivity contribution in [1.82, 2.24) is 5.32 Å². The molecule has 1 nitrogen and oxygen atoms in total. The van der Waals surface area contributed by atoms with Gasteiger partial charge in [0.15, 0.2) is 0 Å². The Morgan fingerprint density at radius 1 is 1.36 bits per heavy atom. The summed E-state index contributed by atoms with van der Waals surface area (Å²) in [4.78, 5) is 0. The Morgan fingerprint density at radius 3 is 2.86 bits per heavy atom. The predicted octanol–water partition coefficient (Wildman–Crippen LogP) is 2.76. The van der Waals surface area contributed by atoms with Crippen LogP contribution < -0.4 is 5.32 Å². The monoisotopic (exact) mass is 193 g/mol. The number of nitrogens with one attached hydrogen (secondary N) is 1. The number of piperidine rings is 1. The van der Waals surface area contributed by atoms with Crippen LogP contribution in [0.15, 0.2) is 24.3 Å². The molecule has 1 aliphatic rings. The lowest BCUT2D eigenvalue weighted by atomic mass is 9.93. The summed E-state index contributed by atoms with van der Waals surface area (Å²) in [6.07, 6.45) is 0.903. The third-order valence-corrected chi connectivity index (χ3v) is 2.91. The Labute approximate surface area is 84.3 Å². The minimum atomic E-state index is -0.732. The van der Waals surface area contributed by atoms with Crippen molar-refractivity contribution in [2.24, 2.45) is 0 Å². The summed E-state index contributed by atoms with van der Waals surface area (Å²) in [5, 5.41) is 3.25. The Kier molecular flexibility index (Phi) is 2.82. The number of alkyl halides is 1. The van der Waals surface area contributed by atoms with E-state index < -0.39 is 6.17 Å². The molecule has 0 amide bonds. The van der Waals surface area contributed by atoms with E-state index in [0.29, 0.717) is 6.42 Å². The first-order chi connectivity index (χ1) is 6.79. The zero-order chi connectivity index (χ0) is 9.97. The zero-order valence-electron chi connectivity index (χ0n) is 8.46. The summed E-state index contributed by atoms with van der Waals surface area (Å²) in [6, 6.07) is 7.94. The molecule has 1 fully saturated rings. The molecule has 76 valence electrons. The van der Waals surface area contributed by atoms with Gasteiger partial charge in [-0.15, -0.1) is 0 Å². The SMILES string of the molecule is Cc1ccccc1C1NCCCC1F. The molecular formula is C12H16FN. The number of hydrogen-bond acceptors (Lipinski definition) is 1. The molecule has 1 heterocycles. The van der Waals surface area contributed by atoms with Gasteiger partial charge in [0.1, 0.15) is 6.17 Å². The standard InChI is InChI=1S/C12H16FN/c1-9-5-2-3-6-10(9)12-11(13)7-4-8-14-12/h2-3,5-6,11-12,14H,4,7-8H2,1H3. The molecule has 2 rings (SSSR count). The van der Waals surface area contributed by atoms with Crippen molar-refractivity contribution in [2.75, 3.05) is 6.54 Å². The maximum absolute atomic E-state index is 13.7. The van der Waals surface area contributed by atoms with E-state index in [2.05, 4.69) is 5.32 Å². The molecule has 1 saturated heterocycles. The van der Waals surface area contributed by atoms with E-state index in [1.54, 1.807) is 0 Å². The van der Waals surface area contributed by atoms with E-state index >= 15 is 0 Å². The second-order valence-corrected chi connectivity index (χ2v) is 3.95. The van der Waals surface area contributed by atoms with Crippen LogP contribution in [0.25, 0.3) is 0 Å². The third kappa shape index (κ3) is 1.80. The summed E-state index contributed by atoms with van der Waals surface area (Å²) in [5.41, 5.74) is 2.29. The van der Waals surface area contributed by atoms with Crippen LogP contribution in [-0.4, -0.2) is 12.7 Å². The summed E-state index contributed by atoms with van der Waals surface area (Å²) in [7, 11) is 0. The van der Waals surface area contributed by atoms with Gasteiger partial charge in [-0.3, -0.25) is 0 Å². The van der Waals surface area contributed by atoms with Crippen molar-refractivity contribution >= 4 is 0 Å². The number of rotatable bonds is 1. The highest BCUT2D eigenvalue weighted by molar-refractivity contribution is 5.29. The Balaban J connectivity index is 2.25. The lowest BCUT2D eigenvalue weighted by Gasteiger charge is -2.28. The van der Waals surface area contributed by atoms with Crippen LogP contribution in [0.4, 0.5) is 4.39 Å². The first-order valence-electron chi connectivity index (χ1n) is 5.22. The number of halogens is 1. The number of aryl methyl sites for hydroxylation is 1. The van der Waals surface area contributed by atoms with Gasteiger partial charge in [-0.2, -0.15) is 0 Å². The average Bonchev–Trinajstić information content (AvgIpc) is 2.20. The van der Waals surface area contributed by atoms with Crippen LogP contribution in [0.3, 0.4) is 0 Å². The molecule has 2 atom stereocenters. The van der Waals surface area contributed by atoms with Gasteiger partial charge in [0.25, 0.3) is 0 Å². The highest BCUT2D eigenvalue weighted by Gasteiger charge is 2.26. The first-order valence-corrected chi connectivity index (χ1v) is 5.22. The molecule has 2 unspecified atom stereocenters. The molecule has 0 radical (unpaired) electrons. The van der Waals surface area contributed by atoms with Gasteiger partial charge in [-0.1, -0.05) is 24.3 Å². The molecular weight excluding hydrogens is 177 g/mol. The molecule has 0 saturated carbocycles. The van der Waals surface area contributed by atoms with Crippen LogP contribution in [0, 0.1) is 6.92 Å². The van der Waals surface area contributed by atoms with Crippen molar-refractivity contribution in [1.29, 1.82) is 0 Å². The van der Waals surface area contributed by atoms with Crippen molar-refractivity contribution in [3.8, 4) is 0 Å². The van der Waals surface area contributed by atoms with Crippen molar-refractivity contribution in [3.05, 3.63) is 35.4 Å². The zero-order valence-corrected chi connectivity index (χ0v) is 8.46. The molecule has 14 heavy (non-hydrogen) atoms. The van der Waals surface area contributed by atoms with E-state index in [9.17, 15) is 4.39 Å². The van der Waals surface area contributed by atoms with Crippen LogP contribution >= 0.6 is 0 Å². The second-order valence-electron chi connectivity index (χ2n) is 3.95. The molecule has 2 heteroatoms. The van der Waals surface area contributed by atoms with Crippen LogP contribution in [0.5, 0.6) is 0 Å². The molecule has 0 spiro atoms. The fourth-order valence-corrected chi connectivity index (χ4v) is 2.09. The Hall–Kier alpha value is -0.890. The van der Waals surface area contributed by atoms with Crippen LogP contribution in [0.2, 0.25) is 0 Å². The topological polar surface area (TPSA) is 12.0 Å². The van der Waals surface area contributed by atoms with Gasteiger partial charge in [-0.05, 0) is 37.4 Å². The smallest absolute Gasteiger partial charge is 0.120 e. The summed E-state index contributed by atoms with van der Waals surface area (Å²) in [6.45, 7) is 2.97.